The first-order chi connectivity index (χ1) is 13.4. The highest BCUT2D eigenvalue weighted by Crippen LogP contribution is 2.35. The predicted molar refractivity (Wildman–Crippen MR) is 119 cm³/mol. The molecule has 156 valence electrons. The number of aliphatic hydroxyl groups is 1. The van der Waals surface area contributed by atoms with Gasteiger partial charge in [-0.2, -0.15) is 11.3 Å². The Labute approximate surface area is 177 Å². The molecule has 0 amide bonds. The molecule has 0 aromatic carbocycles. The van der Waals surface area contributed by atoms with E-state index < -0.39 is 11.3 Å². The summed E-state index contributed by atoms with van der Waals surface area (Å²) >= 11 is 3.05. The molecule has 28 heavy (non-hydrogen) atoms. The quantitative estimate of drug-likeness (QED) is 0.431. The smallest absolute Gasteiger partial charge is 0.347 e. The van der Waals surface area contributed by atoms with Crippen LogP contribution in [0, 0.1) is 0 Å². The molecule has 2 aromatic rings. The van der Waals surface area contributed by atoms with Crippen LogP contribution in [0.1, 0.15) is 30.6 Å². The summed E-state index contributed by atoms with van der Waals surface area (Å²) in [5.41, 5.74) is 0. The van der Waals surface area contributed by atoms with Crippen molar-refractivity contribution in [3.63, 3.8) is 0 Å². The molecule has 8 heteroatoms. The van der Waals surface area contributed by atoms with E-state index in [0.717, 1.165) is 19.3 Å². The molecule has 5 unspecified atom stereocenters. The minimum absolute atomic E-state index is 0.140. The van der Waals surface area contributed by atoms with Crippen molar-refractivity contribution in [1.82, 2.24) is 4.90 Å². The van der Waals surface area contributed by atoms with Crippen LogP contribution in [0.5, 0.6) is 0 Å². The van der Waals surface area contributed by atoms with Crippen molar-refractivity contribution in [2.75, 3.05) is 21.2 Å². The number of esters is 1. The third kappa shape index (κ3) is 6.61. The molecular weight excluding hydrogens is 413 g/mol. The van der Waals surface area contributed by atoms with Gasteiger partial charge in [-0.1, -0.05) is 27.4 Å². The molecule has 0 saturated heterocycles. The Morgan fingerprint density at radius 3 is 2.46 bits per heavy atom. The van der Waals surface area contributed by atoms with Gasteiger partial charge in [-0.3, -0.25) is 0 Å². The molecule has 5 nitrogen and oxygen atoms in total. The van der Waals surface area contributed by atoms with Gasteiger partial charge in [0.15, 0.2) is 0 Å². The van der Waals surface area contributed by atoms with Gasteiger partial charge in [0.25, 0.3) is 0 Å². The first kappa shape index (κ1) is 23.5. The Morgan fingerprint density at radius 2 is 1.96 bits per heavy atom. The van der Waals surface area contributed by atoms with Gasteiger partial charge in [-0.15, -0.1) is 11.3 Å². The van der Waals surface area contributed by atoms with E-state index in [2.05, 4.69) is 14.1 Å². The summed E-state index contributed by atoms with van der Waals surface area (Å²) in [7, 11) is 7.97. The van der Waals surface area contributed by atoms with Crippen molar-refractivity contribution < 1.29 is 19.4 Å². The number of nitrogens with zero attached hydrogens (tertiary/aromatic N) is 1. The van der Waals surface area contributed by atoms with Crippen molar-refractivity contribution >= 4 is 37.9 Å². The zero-order valence-corrected chi connectivity index (χ0v) is 19.4. The summed E-state index contributed by atoms with van der Waals surface area (Å²) in [6.07, 6.45) is 3.32. The maximum Gasteiger partial charge on any atom is 0.347 e. The molecule has 0 radical (unpaired) electrons. The molecular formula is C20H30NO4PS2. The molecule has 2 aromatic heterocycles. The summed E-state index contributed by atoms with van der Waals surface area (Å²) in [5.74, 6) is -0.608. The molecule has 3 rings (SSSR count). The summed E-state index contributed by atoms with van der Waals surface area (Å²) in [6.45, 7) is 0. The Morgan fingerprint density at radius 1 is 1.25 bits per heavy atom. The highest BCUT2D eigenvalue weighted by atomic mass is 32.1. The van der Waals surface area contributed by atoms with Crippen molar-refractivity contribution in [3.8, 4) is 0 Å². The molecule has 5 atom stereocenters. The van der Waals surface area contributed by atoms with Gasteiger partial charge in [-0.05, 0) is 55.6 Å². The van der Waals surface area contributed by atoms with E-state index in [4.69, 9.17) is 9.47 Å². The summed E-state index contributed by atoms with van der Waals surface area (Å²) in [4.78, 5) is 15.1. The molecule has 0 spiro atoms. The van der Waals surface area contributed by atoms with E-state index in [1.165, 1.54) is 11.3 Å². The van der Waals surface area contributed by atoms with Crippen LogP contribution >= 0.6 is 31.9 Å². The van der Waals surface area contributed by atoms with Gasteiger partial charge >= 0.3 is 5.97 Å². The second kappa shape index (κ2) is 11.4. The minimum Gasteiger partial charge on any atom is -0.460 e. The molecule has 1 saturated carbocycles. The first-order valence-corrected chi connectivity index (χ1v) is 11.7. The third-order valence-corrected chi connectivity index (χ3v) is 7.20. The molecule has 0 bridgehead atoms. The molecule has 1 aliphatic rings. The molecule has 1 aliphatic carbocycles. The van der Waals surface area contributed by atoms with Gasteiger partial charge in [-0.25, -0.2) is 4.79 Å². The fourth-order valence-electron chi connectivity index (χ4n) is 3.27. The van der Waals surface area contributed by atoms with Crippen LogP contribution in [0.2, 0.25) is 0 Å². The normalized spacial score (nSPS) is 24.6. The lowest BCUT2D eigenvalue weighted by molar-refractivity contribution is -0.164. The fourth-order valence-corrected chi connectivity index (χ4v) is 4.81. The summed E-state index contributed by atoms with van der Waals surface area (Å²) in [5, 5.41) is 14.7. The SMILES string of the molecule is COC1CCCC(OC(=O)C(O)(P)c2cccs2)CC1N(C)C.c1ccsc1. The Kier molecular flexibility index (Phi) is 9.54. The second-order valence-corrected chi connectivity index (χ2v) is 9.64. The van der Waals surface area contributed by atoms with Gasteiger partial charge in [0.1, 0.15) is 6.10 Å². The van der Waals surface area contributed by atoms with E-state index in [1.807, 2.05) is 42.4 Å². The number of hydrogen-bond acceptors (Lipinski definition) is 7. The minimum atomic E-state index is -1.67. The van der Waals surface area contributed by atoms with Crippen LogP contribution in [0.25, 0.3) is 0 Å². The van der Waals surface area contributed by atoms with Crippen LogP contribution in [0.4, 0.5) is 0 Å². The zero-order valence-electron chi connectivity index (χ0n) is 16.6. The van der Waals surface area contributed by atoms with Crippen molar-refractivity contribution in [2.45, 2.75) is 49.3 Å². The van der Waals surface area contributed by atoms with E-state index in [-0.39, 0.29) is 18.2 Å². The standard InChI is InChI=1S/C16H26NO4PS.C4H4S/c1-17(2)12-10-11(6-4-7-13(12)20-3)21-15(18)16(19,22)14-8-5-9-23-14;1-2-4-5-3-1/h5,8-9,11-13,19H,4,6-7,10,22H2,1-3H3;1-4H. The first-order valence-electron chi connectivity index (χ1n) is 9.29. The van der Waals surface area contributed by atoms with Gasteiger partial charge in [0.2, 0.25) is 5.34 Å². The number of ether oxygens (including phenoxy) is 2. The largest absolute Gasteiger partial charge is 0.460 e. The Bertz CT molecular complexity index is 659. The van der Waals surface area contributed by atoms with E-state index in [0.29, 0.717) is 11.3 Å². The lowest BCUT2D eigenvalue weighted by atomic mass is 10.0. The highest BCUT2D eigenvalue weighted by Gasteiger charge is 2.39. The molecule has 1 N–H and O–H groups in total. The van der Waals surface area contributed by atoms with E-state index >= 15 is 0 Å². The van der Waals surface area contributed by atoms with Gasteiger partial charge in [0, 0.05) is 19.6 Å². The molecule has 0 aliphatic heterocycles. The predicted octanol–water partition coefficient (Wildman–Crippen LogP) is 3.95. The van der Waals surface area contributed by atoms with Crippen LogP contribution in [0.3, 0.4) is 0 Å². The van der Waals surface area contributed by atoms with Crippen LogP contribution in [-0.2, 0) is 19.6 Å². The maximum absolute atomic E-state index is 12.4. The van der Waals surface area contributed by atoms with Crippen molar-refractivity contribution in [2.24, 2.45) is 0 Å². The van der Waals surface area contributed by atoms with Gasteiger partial charge < -0.3 is 19.5 Å². The summed E-state index contributed by atoms with van der Waals surface area (Å²) in [6, 6.07) is 7.77. The maximum atomic E-state index is 12.4. The lowest BCUT2D eigenvalue weighted by Gasteiger charge is -2.32. The van der Waals surface area contributed by atoms with Crippen LogP contribution in [-0.4, -0.2) is 55.4 Å². The highest BCUT2D eigenvalue weighted by molar-refractivity contribution is 7.22. The Balaban J connectivity index is 0.000000485. The average Bonchev–Trinajstić information content (AvgIpc) is 3.36. The number of thiophene rings is 2. The average molecular weight is 444 g/mol. The van der Waals surface area contributed by atoms with Crippen LogP contribution in [0.15, 0.2) is 40.4 Å². The van der Waals surface area contributed by atoms with E-state index in [9.17, 15) is 9.90 Å². The van der Waals surface area contributed by atoms with E-state index in [1.54, 1.807) is 30.6 Å². The number of carbonyl (C=O) groups excluding carboxylic acids is 1. The van der Waals surface area contributed by atoms with Crippen molar-refractivity contribution in [3.05, 3.63) is 45.3 Å². The zero-order chi connectivity index (χ0) is 20.6. The monoisotopic (exact) mass is 443 g/mol. The number of hydrogen-bond donors (Lipinski definition) is 1. The number of likely N-dealkylation sites (N-methyl/N-ethyl adjacent to an activating group) is 1. The Hall–Kier alpha value is -0.820. The molecule has 1 fully saturated rings. The van der Waals surface area contributed by atoms with Crippen LogP contribution < -0.4 is 0 Å². The molecule has 2 heterocycles. The second-order valence-electron chi connectivity index (χ2n) is 7.04. The number of carbonyl (C=O) groups is 1. The lowest BCUT2D eigenvalue weighted by Crippen LogP contribution is -2.42. The van der Waals surface area contributed by atoms with Crippen molar-refractivity contribution in [1.29, 1.82) is 0 Å². The number of rotatable bonds is 5. The number of methoxy groups -OCH3 is 1. The topological polar surface area (TPSA) is 59.0 Å². The third-order valence-electron chi connectivity index (χ3n) is 4.82. The fraction of sp³-hybridized carbons (Fsp3) is 0.550. The summed E-state index contributed by atoms with van der Waals surface area (Å²) < 4.78 is 11.2. The van der Waals surface area contributed by atoms with Gasteiger partial charge in [0.05, 0.1) is 11.0 Å².